The molecule has 0 radical (unpaired) electrons. The Hall–Kier alpha value is -3.20. The van der Waals surface area contributed by atoms with Gasteiger partial charge in [0.05, 0.1) is 42.2 Å². The second kappa shape index (κ2) is 8.30. The average Bonchev–Trinajstić information content (AvgIpc) is 3.27. The monoisotopic (exact) mass is 455 g/mol. The molecule has 0 saturated heterocycles. The zero-order chi connectivity index (χ0) is 23.2. The fraction of sp³-hybridized carbons (Fsp3) is 0.375. The number of nitrogens with one attached hydrogen (secondary N) is 1. The van der Waals surface area contributed by atoms with Gasteiger partial charge in [-0.3, -0.25) is 9.98 Å². The molecule has 2 aromatic heterocycles. The van der Waals surface area contributed by atoms with Crippen LogP contribution in [-0.4, -0.2) is 34.3 Å². The van der Waals surface area contributed by atoms with Crippen molar-refractivity contribution in [2.45, 2.75) is 39.0 Å². The van der Waals surface area contributed by atoms with E-state index in [0.717, 1.165) is 47.7 Å². The molecule has 1 unspecified atom stereocenters. The molecule has 33 heavy (non-hydrogen) atoms. The number of halogens is 3. The van der Waals surface area contributed by atoms with Crippen LogP contribution in [0.5, 0.6) is 0 Å². The van der Waals surface area contributed by atoms with Crippen molar-refractivity contribution < 1.29 is 17.9 Å². The SMILES string of the molecule is Cc1c(C(C)N=c2nc3n(c4cnc(C5=CCOCC5)cc24)CCN3)cccc1C(F)(F)F. The molecular weight excluding hydrogens is 431 g/mol. The van der Waals surface area contributed by atoms with Gasteiger partial charge in [0.15, 0.2) is 5.49 Å². The average molecular weight is 455 g/mol. The molecule has 1 aromatic carbocycles. The molecule has 0 spiro atoms. The highest BCUT2D eigenvalue weighted by atomic mass is 19.4. The maximum absolute atomic E-state index is 13.4. The van der Waals surface area contributed by atoms with Crippen molar-refractivity contribution in [1.29, 1.82) is 0 Å². The Morgan fingerprint density at radius 2 is 2.12 bits per heavy atom. The van der Waals surface area contributed by atoms with Crippen LogP contribution < -0.4 is 10.8 Å². The third-order valence-electron chi connectivity index (χ3n) is 6.24. The van der Waals surface area contributed by atoms with E-state index in [0.29, 0.717) is 30.2 Å². The minimum Gasteiger partial charge on any atom is -0.377 e. The molecule has 0 bridgehead atoms. The van der Waals surface area contributed by atoms with E-state index in [-0.39, 0.29) is 5.56 Å². The van der Waals surface area contributed by atoms with Gasteiger partial charge in [0.25, 0.3) is 0 Å². The predicted octanol–water partition coefficient (Wildman–Crippen LogP) is 4.65. The number of aromatic nitrogens is 3. The van der Waals surface area contributed by atoms with Gasteiger partial charge < -0.3 is 14.6 Å². The molecule has 1 N–H and O–H groups in total. The van der Waals surface area contributed by atoms with Crippen LogP contribution in [0.4, 0.5) is 19.1 Å². The van der Waals surface area contributed by atoms with E-state index in [4.69, 9.17) is 14.7 Å². The van der Waals surface area contributed by atoms with Crippen LogP contribution in [-0.2, 0) is 17.5 Å². The molecule has 2 aliphatic heterocycles. The predicted molar refractivity (Wildman–Crippen MR) is 120 cm³/mol. The Morgan fingerprint density at radius 3 is 2.88 bits per heavy atom. The molecule has 4 heterocycles. The number of anilines is 1. The number of rotatable bonds is 3. The van der Waals surface area contributed by atoms with Gasteiger partial charge in [-0.25, -0.2) is 0 Å². The number of pyridine rings is 1. The summed E-state index contributed by atoms with van der Waals surface area (Å²) in [4.78, 5) is 14.2. The number of hydrogen-bond donors (Lipinski definition) is 1. The summed E-state index contributed by atoms with van der Waals surface area (Å²) in [5, 5.41) is 4.08. The fourth-order valence-electron chi connectivity index (χ4n) is 4.52. The molecule has 1 atom stereocenters. The molecule has 0 amide bonds. The summed E-state index contributed by atoms with van der Waals surface area (Å²) in [5.41, 5.74) is 3.43. The van der Waals surface area contributed by atoms with Crippen molar-refractivity contribution >= 4 is 22.4 Å². The molecule has 5 rings (SSSR count). The number of benzene rings is 1. The van der Waals surface area contributed by atoms with Gasteiger partial charge in [-0.2, -0.15) is 18.2 Å². The molecule has 0 saturated carbocycles. The smallest absolute Gasteiger partial charge is 0.377 e. The Kier molecular flexibility index (Phi) is 5.44. The van der Waals surface area contributed by atoms with Crippen LogP contribution in [0.25, 0.3) is 16.5 Å². The van der Waals surface area contributed by atoms with Crippen LogP contribution in [0.1, 0.15) is 41.8 Å². The Labute approximate surface area is 188 Å². The van der Waals surface area contributed by atoms with Gasteiger partial charge >= 0.3 is 6.18 Å². The summed E-state index contributed by atoms with van der Waals surface area (Å²) in [6, 6.07) is 5.71. The standard InChI is InChI=1S/C24H24F3N5O/c1-14-17(4-3-5-19(14)24(25,26)27)15(2)30-22-18-12-20(16-6-10-33-11-7-16)29-13-21(18)32-9-8-28-23(32)31-22/h3-6,12-13,15H,7-11H2,1-2H3,(H,28,30,31). The third kappa shape index (κ3) is 4.01. The third-order valence-corrected chi connectivity index (χ3v) is 6.24. The van der Waals surface area contributed by atoms with Crippen LogP contribution in [0.3, 0.4) is 0 Å². The minimum atomic E-state index is -4.41. The maximum atomic E-state index is 13.4. The zero-order valence-electron chi connectivity index (χ0n) is 18.4. The molecule has 172 valence electrons. The van der Waals surface area contributed by atoms with Crippen LogP contribution in [0.15, 0.2) is 41.5 Å². The lowest BCUT2D eigenvalue weighted by atomic mass is 9.97. The number of nitrogens with zero attached hydrogens (tertiary/aromatic N) is 4. The molecule has 0 fully saturated rings. The minimum absolute atomic E-state index is 0.189. The van der Waals surface area contributed by atoms with E-state index in [1.807, 2.05) is 18.3 Å². The highest BCUT2D eigenvalue weighted by Gasteiger charge is 2.33. The summed E-state index contributed by atoms with van der Waals surface area (Å²) in [5.74, 6) is 0.689. The van der Waals surface area contributed by atoms with E-state index in [2.05, 4.69) is 14.9 Å². The van der Waals surface area contributed by atoms with Crippen molar-refractivity contribution in [3.8, 4) is 0 Å². The summed E-state index contributed by atoms with van der Waals surface area (Å²) in [6.45, 7) is 6.01. The normalized spacial score (nSPS) is 17.6. The quantitative estimate of drug-likeness (QED) is 0.625. The maximum Gasteiger partial charge on any atom is 0.416 e. The van der Waals surface area contributed by atoms with E-state index in [9.17, 15) is 13.2 Å². The second-order valence-electron chi connectivity index (χ2n) is 8.30. The molecule has 6 nitrogen and oxygen atoms in total. The lowest BCUT2D eigenvalue weighted by molar-refractivity contribution is -0.138. The van der Waals surface area contributed by atoms with Crippen molar-refractivity contribution in [1.82, 2.24) is 14.5 Å². The number of ether oxygens (including phenoxy) is 1. The first-order valence-corrected chi connectivity index (χ1v) is 10.9. The van der Waals surface area contributed by atoms with Gasteiger partial charge in [-0.05, 0) is 49.1 Å². The lowest BCUT2D eigenvalue weighted by Gasteiger charge is -2.17. The highest BCUT2D eigenvalue weighted by molar-refractivity contribution is 5.82. The lowest BCUT2D eigenvalue weighted by Crippen LogP contribution is -2.17. The second-order valence-corrected chi connectivity index (χ2v) is 8.30. The van der Waals surface area contributed by atoms with Crippen molar-refractivity contribution in [3.05, 3.63) is 64.4 Å². The van der Waals surface area contributed by atoms with E-state index < -0.39 is 17.8 Å². The zero-order valence-corrected chi connectivity index (χ0v) is 18.4. The number of fused-ring (bicyclic) bond motifs is 3. The van der Waals surface area contributed by atoms with Crippen molar-refractivity contribution in [2.75, 3.05) is 25.1 Å². The van der Waals surface area contributed by atoms with Gasteiger partial charge in [0.1, 0.15) is 0 Å². The van der Waals surface area contributed by atoms with E-state index in [1.54, 1.807) is 13.0 Å². The van der Waals surface area contributed by atoms with Crippen LogP contribution in [0.2, 0.25) is 0 Å². The Balaban J connectivity index is 1.67. The van der Waals surface area contributed by atoms with Gasteiger partial charge in [-0.1, -0.05) is 18.2 Å². The molecule has 9 heteroatoms. The Bertz CT molecular complexity index is 1330. The van der Waals surface area contributed by atoms with Crippen molar-refractivity contribution in [2.24, 2.45) is 4.99 Å². The topological polar surface area (TPSA) is 64.3 Å². The van der Waals surface area contributed by atoms with E-state index >= 15 is 0 Å². The first-order valence-electron chi connectivity index (χ1n) is 10.9. The van der Waals surface area contributed by atoms with Gasteiger partial charge in [-0.15, -0.1) is 0 Å². The first kappa shape index (κ1) is 21.6. The summed E-state index contributed by atoms with van der Waals surface area (Å²) in [6.07, 6.45) is 0.228. The number of alkyl halides is 3. The molecule has 0 aliphatic carbocycles. The first-order chi connectivity index (χ1) is 15.8. The van der Waals surface area contributed by atoms with Crippen LogP contribution >= 0.6 is 0 Å². The van der Waals surface area contributed by atoms with E-state index in [1.165, 1.54) is 13.0 Å². The van der Waals surface area contributed by atoms with Gasteiger partial charge in [0, 0.05) is 18.5 Å². The summed E-state index contributed by atoms with van der Waals surface area (Å²) < 4.78 is 47.7. The molecular formula is C24H24F3N5O. The Morgan fingerprint density at radius 1 is 1.27 bits per heavy atom. The van der Waals surface area contributed by atoms with Gasteiger partial charge in [0.2, 0.25) is 5.95 Å². The van der Waals surface area contributed by atoms with Crippen LogP contribution in [0, 0.1) is 6.92 Å². The van der Waals surface area contributed by atoms with Crippen molar-refractivity contribution in [3.63, 3.8) is 0 Å². The molecule has 2 aliphatic rings. The molecule has 3 aromatic rings. The fourth-order valence-corrected chi connectivity index (χ4v) is 4.52. The highest BCUT2D eigenvalue weighted by Crippen LogP contribution is 2.35. The summed E-state index contributed by atoms with van der Waals surface area (Å²) >= 11 is 0. The largest absolute Gasteiger partial charge is 0.416 e. The summed E-state index contributed by atoms with van der Waals surface area (Å²) in [7, 11) is 0. The number of hydrogen-bond acceptors (Lipinski definition) is 5.